The number of rotatable bonds is 10. The van der Waals surface area contributed by atoms with Crippen molar-refractivity contribution < 1.29 is 14.3 Å². The molecule has 0 saturated heterocycles. The van der Waals surface area contributed by atoms with Gasteiger partial charge in [-0.25, -0.2) is 0 Å². The van der Waals surface area contributed by atoms with Gasteiger partial charge in [-0.1, -0.05) is 19.9 Å². The first kappa shape index (κ1) is 20.7. The van der Waals surface area contributed by atoms with E-state index in [-0.39, 0.29) is 18.3 Å². The number of carbonyl (C=O) groups excluding carboxylic acids is 1. The van der Waals surface area contributed by atoms with Crippen LogP contribution in [0.15, 0.2) is 24.3 Å². The zero-order valence-electron chi connectivity index (χ0n) is 13.6. The molecule has 0 unspecified atom stereocenters. The van der Waals surface area contributed by atoms with E-state index in [2.05, 4.69) is 24.5 Å². The number of halogens is 1. The van der Waals surface area contributed by atoms with E-state index in [0.717, 1.165) is 18.8 Å². The van der Waals surface area contributed by atoms with Crippen LogP contribution >= 0.6 is 12.4 Å². The van der Waals surface area contributed by atoms with Gasteiger partial charge < -0.3 is 20.1 Å². The van der Waals surface area contributed by atoms with Crippen molar-refractivity contribution in [3.05, 3.63) is 29.8 Å². The predicted octanol–water partition coefficient (Wildman–Crippen LogP) is 2.11. The van der Waals surface area contributed by atoms with Gasteiger partial charge in [0.15, 0.2) is 0 Å². The number of ether oxygens (including phenoxy) is 2. The molecule has 2 N–H and O–H groups in total. The molecule has 0 aromatic heterocycles. The lowest BCUT2D eigenvalue weighted by atomic mass is 10.2. The highest BCUT2D eigenvalue weighted by molar-refractivity contribution is 5.94. The van der Waals surface area contributed by atoms with E-state index in [0.29, 0.717) is 31.2 Å². The van der Waals surface area contributed by atoms with E-state index in [9.17, 15) is 4.79 Å². The summed E-state index contributed by atoms with van der Waals surface area (Å²) in [6.07, 6.45) is 0. The van der Waals surface area contributed by atoms with Crippen LogP contribution in [0.4, 0.5) is 0 Å². The molecule has 5 nitrogen and oxygen atoms in total. The van der Waals surface area contributed by atoms with Crippen molar-refractivity contribution in [3.63, 3.8) is 0 Å². The second kappa shape index (κ2) is 12.3. The second-order valence-electron chi connectivity index (χ2n) is 5.23. The van der Waals surface area contributed by atoms with Gasteiger partial charge in [-0.3, -0.25) is 4.79 Å². The van der Waals surface area contributed by atoms with Crippen LogP contribution in [0.3, 0.4) is 0 Å². The van der Waals surface area contributed by atoms with Crippen molar-refractivity contribution in [2.45, 2.75) is 13.8 Å². The highest BCUT2D eigenvalue weighted by Gasteiger charge is 2.06. The van der Waals surface area contributed by atoms with Crippen LogP contribution < -0.4 is 15.4 Å². The molecule has 22 heavy (non-hydrogen) atoms. The monoisotopic (exact) mass is 330 g/mol. The van der Waals surface area contributed by atoms with E-state index in [1.807, 2.05) is 12.1 Å². The molecular weight excluding hydrogens is 304 g/mol. The molecule has 0 radical (unpaired) electrons. The zero-order valence-corrected chi connectivity index (χ0v) is 14.4. The Hall–Kier alpha value is -1.30. The number of hydrogen-bond donors (Lipinski definition) is 2. The highest BCUT2D eigenvalue weighted by atomic mass is 35.5. The first-order chi connectivity index (χ1) is 10.1. The first-order valence-electron chi connectivity index (χ1n) is 7.34. The molecule has 1 amide bonds. The number of amides is 1. The Balaban J connectivity index is 0.00000441. The van der Waals surface area contributed by atoms with Crippen LogP contribution in [0, 0.1) is 5.92 Å². The molecule has 0 fully saturated rings. The third-order valence-corrected chi connectivity index (χ3v) is 2.75. The minimum absolute atomic E-state index is 0. The Morgan fingerprint density at radius 3 is 2.68 bits per heavy atom. The fourth-order valence-electron chi connectivity index (χ4n) is 1.66. The van der Waals surface area contributed by atoms with Gasteiger partial charge in [0.2, 0.25) is 0 Å². The molecule has 126 valence electrons. The summed E-state index contributed by atoms with van der Waals surface area (Å²) in [6, 6.07) is 7.26. The minimum atomic E-state index is -0.0847. The van der Waals surface area contributed by atoms with Gasteiger partial charge in [-0.15, -0.1) is 12.4 Å². The molecule has 1 aromatic carbocycles. The Morgan fingerprint density at radius 2 is 2.00 bits per heavy atom. The van der Waals surface area contributed by atoms with Gasteiger partial charge in [0.25, 0.3) is 5.91 Å². The third-order valence-electron chi connectivity index (χ3n) is 2.75. The number of methoxy groups -OCH3 is 1. The summed E-state index contributed by atoms with van der Waals surface area (Å²) in [5.41, 5.74) is 0.619. The van der Waals surface area contributed by atoms with E-state index in [4.69, 9.17) is 9.47 Å². The van der Waals surface area contributed by atoms with E-state index in [1.165, 1.54) is 0 Å². The molecule has 0 bridgehead atoms. The molecule has 0 spiro atoms. The van der Waals surface area contributed by atoms with Crippen molar-refractivity contribution in [1.82, 2.24) is 10.6 Å². The number of benzene rings is 1. The normalized spacial score (nSPS) is 10.2. The third kappa shape index (κ3) is 8.87. The maximum Gasteiger partial charge on any atom is 0.251 e. The van der Waals surface area contributed by atoms with Gasteiger partial charge in [0.05, 0.1) is 13.2 Å². The van der Waals surface area contributed by atoms with Crippen LogP contribution in [-0.2, 0) is 4.74 Å². The van der Waals surface area contributed by atoms with Gasteiger partial charge in [-0.2, -0.15) is 0 Å². The maximum atomic E-state index is 12.0. The molecular formula is C16H27ClN2O3. The standard InChI is InChI=1S/C16H26N2O3.ClH/c1-13(2)12-21-15-6-4-5-14(11-15)16(19)18-8-7-17-9-10-20-3;/h4-6,11,13,17H,7-10,12H2,1-3H3,(H,18,19);1H. The molecule has 0 aliphatic heterocycles. The van der Waals surface area contributed by atoms with Gasteiger partial charge in [-0.05, 0) is 24.1 Å². The topological polar surface area (TPSA) is 59.6 Å². The lowest BCUT2D eigenvalue weighted by Gasteiger charge is -2.10. The quantitative estimate of drug-likeness (QED) is 0.645. The minimum Gasteiger partial charge on any atom is -0.493 e. The smallest absolute Gasteiger partial charge is 0.251 e. The summed E-state index contributed by atoms with van der Waals surface area (Å²) in [7, 11) is 1.66. The van der Waals surface area contributed by atoms with Crippen LogP contribution in [-0.4, -0.2) is 45.9 Å². The summed E-state index contributed by atoms with van der Waals surface area (Å²) >= 11 is 0. The largest absolute Gasteiger partial charge is 0.493 e. The molecule has 1 rings (SSSR count). The Labute approximate surface area is 139 Å². The molecule has 6 heteroatoms. The Morgan fingerprint density at radius 1 is 1.23 bits per heavy atom. The molecule has 1 aromatic rings. The Kier molecular flexibility index (Phi) is 11.5. The average molecular weight is 331 g/mol. The zero-order chi connectivity index (χ0) is 15.5. The van der Waals surface area contributed by atoms with Crippen LogP contribution in [0.1, 0.15) is 24.2 Å². The van der Waals surface area contributed by atoms with Crippen molar-refractivity contribution in [1.29, 1.82) is 0 Å². The van der Waals surface area contributed by atoms with Crippen molar-refractivity contribution in [2.24, 2.45) is 5.92 Å². The van der Waals surface area contributed by atoms with Crippen LogP contribution in [0.2, 0.25) is 0 Å². The molecule has 0 heterocycles. The first-order valence-corrected chi connectivity index (χ1v) is 7.34. The van der Waals surface area contributed by atoms with Crippen molar-refractivity contribution >= 4 is 18.3 Å². The SMILES string of the molecule is COCCNCCNC(=O)c1cccc(OCC(C)C)c1.Cl. The fraction of sp³-hybridized carbons (Fsp3) is 0.562. The lowest BCUT2D eigenvalue weighted by Crippen LogP contribution is -2.33. The lowest BCUT2D eigenvalue weighted by molar-refractivity contribution is 0.0953. The number of nitrogens with one attached hydrogen (secondary N) is 2. The highest BCUT2D eigenvalue weighted by Crippen LogP contribution is 2.14. The van der Waals surface area contributed by atoms with Crippen molar-refractivity contribution in [2.75, 3.05) is 40.0 Å². The van der Waals surface area contributed by atoms with E-state index >= 15 is 0 Å². The summed E-state index contributed by atoms with van der Waals surface area (Å²) in [5, 5.41) is 6.04. The fourth-order valence-corrected chi connectivity index (χ4v) is 1.66. The van der Waals surface area contributed by atoms with E-state index in [1.54, 1.807) is 19.2 Å². The molecule has 0 atom stereocenters. The van der Waals surface area contributed by atoms with Crippen molar-refractivity contribution in [3.8, 4) is 5.75 Å². The van der Waals surface area contributed by atoms with Gasteiger partial charge in [0.1, 0.15) is 5.75 Å². The van der Waals surface area contributed by atoms with Crippen LogP contribution in [0.25, 0.3) is 0 Å². The summed E-state index contributed by atoms with van der Waals surface area (Å²) in [4.78, 5) is 12.0. The Bertz CT molecular complexity index is 428. The van der Waals surface area contributed by atoms with Gasteiger partial charge >= 0.3 is 0 Å². The molecule has 0 aliphatic carbocycles. The maximum absolute atomic E-state index is 12.0. The summed E-state index contributed by atoms with van der Waals surface area (Å²) < 4.78 is 10.5. The van der Waals surface area contributed by atoms with E-state index < -0.39 is 0 Å². The molecule has 0 saturated carbocycles. The number of carbonyl (C=O) groups is 1. The van der Waals surface area contributed by atoms with Crippen LogP contribution in [0.5, 0.6) is 5.75 Å². The van der Waals surface area contributed by atoms with Gasteiger partial charge in [0, 0.05) is 32.3 Å². The second-order valence-corrected chi connectivity index (χ2v) is 5.23. The number of hydrogen-bond acceptors (Lipinski definition) is 4. The summed E-state index contributed by atoms with van der Waals surface area (Å²) in [5.74, 6) is 1.11. The summed E-state index contributed by atoms with van der Waals surface area (Å²) in [6.45, 7) is 7.58. The molecule has 0 aliphatic rings. The predicted molar refractivity (Wildman–Crippen MR) is 91.1 cm³/mol. The average Bonchev–Trinajstić information content (AvgIpc) is 2.48.